The van der Waals surface area contributed by atoms with Gasteiger partial charge in [-0.1, -0.05) is 44.2 Å². The van der Waals surface area contributed by atoms with E-state index in [2.05, 4.69) is 73.2 Å². The van der Waals surface area contributed by atoms with Crippen molar-refractivity contribution >= 4 is 11.6 Å². The summed E-state index contributed by atoms with van der Waals surface area (Å²) in [5.74, 6) is 1.23. The van der Waals surface area contributed by atoms with E-state index in [-0.39, 0.29) is 17.9 Å². The van der Waals surface area contributed by atoms with Crippen molar-refractivity contribution in [3.05, 3.63) is 77.4 Å². The van der Waals surface area contributed by atoms with E-state index in [1.165, 1.54) is 5.56 Å². The first-order valence-corrected chi connectivity index (χ1v) is 11.0. The Kier molecular flexibility index (Phi) is 6.07. The number of nitrogens with one attached hydrogen (secondary N) is 1. The molecule has 31 heavy (non-hydrogen) atoms. The zero-order valence-electron chi connectivity index (χ0n) is 18.7. The van der Waals surface area contributed by atoms with Gasteiger partial charge < -0.3 is 10.2 Å². The number of hydrogen-bond acceptors (Lipinski definition) is 4. The Morgan fingerprint density at radius 1 is 1.13 bits per heavy atom. The van der Waals surface area contributed by atoms with E-state index in [0.29, 0.717) is 18.0 Å². The minimum absolute atomic E-state index is 0.0302. The summed E-state index contributed by atoms with van der Waals surface area (Å²) in [5.41, 5.74) is 4.22. The molecule has 0 radical (unpaired) electrons. The second-order valence-electron chi connectivity index (χ2n) is 8.97. The second kappa shape index (κ2) is 8.92. The summed E-state index contributed by atoms with van der Waals surface area (Å²) in [7, 11) is 0. The van der Waals surface area contributed by atoms with Crippen LogP contribution in [0.5, 0.6) is 0 Å². The molecule has 0 bridgehead atoms. The predicted octanol–water partition coefficient (Wildman–Crippen LogP) is 4.40. The van der Waals surface area contributed by atoms with Gasteiger partial charge in [-0.15, -0.1) is 0 Å². The molecule has 0 fully saturated rings. The quantitative estimate of drug-likeness (QED) is 0.619. The number of benzene rings is 2. The summed E-state index contributed by atoms with van der Waals surface area (Å²) in [4.78, 5) is 19.7. The number of carbonyl (C=O) groups is 1. The van der Waals surface area contributed by atoms with Crippen LogP contribution in [0.25, 0.3) is 0 Å². The molecule has 1 atom stereocenters. The lowest BCUT2D eigenvalue weighted by molar-refractivity contribution is 0.0949. The fraction of sp³-hybridized carbons (Fsp3) is 0.400. The number of anilines is 1. The number of fused-ring (bicyclic) bond motifs is 1. The minimum Gasteiger partial charge on any atom is -0.366 e. The van der Waals surface area contributed by atoms with Crippen molar-refractivity contribution in [3.63, 3.8) is 0 Å². The van der Waals surface area contributed by atoms with Crippen LogP contribution in [0.15, 0.2) is 54.9 Å². The molecule has 4 rings (SSSR count). The zero-order valence-corrected chi connectivity index (χ0v) is 18.7. The normalized spacial score (nSPS) is 15.5. The Morgan fingerprint density at radius 2 is 1.90 bits per heavy atom. The Labute approximate surface area is 184 Å². The maximum Gasteiger partial charge on any atom is 0.251 e. The molecule has 0 aliphatic carbocycles. The van der Waals surface area contributed by atoms with Gasteiger partial charge >= 0.3 is 0 Å². The van der Waals surface area contributed by atoms with Crippen molar-refractivity contribution < 1.29 is 4.79 Å². The number of amides is 1. The Morgan fingerprint density at radius 3 is 2.58 bits per heavy atom. The maximum atomic E-state index is 12.7. The highest BCUT2D eigenvalue weighted by Gasteiger charge is 2.33. The molecule has 1 N–H and O–H groups in total. The molecule has 6 heteroatoms. The summed E-state index contributed by atoms with van der Waals surface area (Å²) in [6.45, 7) is 10.7. The van der Waals surface area contributed by atoms with Crippen LogP contribution in [0.2, 0.25) is 0 Å². The summed E-state index contributed by atoms with van der Waals surface area (Å²) < 4.78 is 1.90. The molecule has 3 aromatic rings. The number of rotatable bonds is 7. The molecule has 162 valence electrons. The average molecular weight is 418 g/mol. The van der Waals surface area contributed by atoms with Crippen LogP contribution < -0.4 is 10.2 Å². The van der Waals surface area contributed by atoms with Gasteiger partial charge in [-0.3, -0.25) is 9.48 Å². The van der Waals surface area contributed by atoms with Crippen molar-refractivity contribution in [2.75, 3.05) is 18.0 Å². The number of carbonyl (C=O) groups excluding carboxylic acids is 1. The van der Waals surface area contributed by atoms with E-state index in [1.54, 1.807) is 6.33 Å². The number of nitrogens with zero attached hydrogens (tertiary/aromatic N) is 4. The van der Waals surface area contributed by atoms with Crippen LogP contribution in [0.1, 0.15) is 67.0 Å². The summed E-state index contributed by atoms with van der Waals surface area (Å²) in [6, 6.07) is 16.7. The van der Waals surface area contributed by atoms with Crippen molar-refractivity contribution in [1.82, 2.24) is 20.1 Å². The van der Waals surface area contributed by atoms with E-state index < -0.39 is 0 Å². The summed E-state index contributed by atoms with van der Waals surface area (Å²) >= 11 is 0. The van der Waals surface area contributed by atoms with Gasteiger partial charge in [-0.05, 0) is 49.1 Å². The van der Waals surface area contributed by atoms with Gasteiger partial charge in [0.05, 0.1) is 5.92 Å². The van der Waals surface area contributed by atoms with Crippen LogP contribution in [-0.4, -0.2) is 33.8 Å². The van der Waals surface area contributed by atoms with Crippen molar-refractivity contribution in [2.45, 2.75) is 46.2 Å². The van der Waals surface area contributed by atoms with Crippen LogP contribution >= 0.6 is 0 Å². The largest absolute Gasteiger partial charge is 0.366 e. The van der Waals surface area contributed by atoms with Crippen LogP contribution in [0, 0.1) is 5.92 Å². The Balaban J connectivity index is 1.67. The zero-order chi connectivity index (χ0) is 22.0. The van der Waals surface area contributed by atoms with Gasteiger partial charge in [0.2, 0.25) is 0 Å². The molecular weight excluding hydrogens is 386 g/mol. The average Bonchev–Trinajstić information content (AvgIpc) is 3.38. The molecule has 1 aliphatic rings. The number of aromatic nitrogens is 3. The lowest BCUT2D eigenvalue weighted by Gasteiger charge is -2.20. The van der Waals surface area contributed by atoms with Gasteiger partial charge in [-0.2, -0.15) is 5.10 Å². The van der Waals surface area contributed by atoms with E-state index in [9.17, 15) is 4.79 Å². The smallest absolute Gasteiger partial charge is 0.251 e. The fourth-order valence-corrected chi connectivity index (χ4v) is 3.95. The molecule has 1 unspecified atom stereocenters. The predicted molar refractivity (Wildman–Crippen MR) is 123 cm³/mol. The monoisotopic (exact) mass is 417 g/mol. The highest BCUT2D eigenvalue weighted by atomic mass is 16.1. The first kappa shape index (κ1) is 21.1. The molecule has 6 nitrogen and oxygen atoms in total. The standard InChI is InChI=1S/C25H31N5O/c1-17(2)13-26-25(31)20-10-11-23-21(12-20)22(24-27-16-30(28-24)18(3)4)15-29(23)14-19-8-6-5-7-9-19/h5-12,16-18,22H,13-15H2,1-4H3,(H,26,31). The molecule has 0 saturated heterocycles. The number of hydrogen-bond donors (Lipinski definition) is 1. The summed E-state index contributed by atoms with van der Waals surface area (Å²) in [6.07, 6.45) is 1.80. The Hall–Kier alpha value is -3.15. The third-order valence-corrected chi connectivity index (χ3v) is 5.66. The van der Waals surface area contributed by atoms with Gasteiger partial charge in [0.15, 0.2) is 5.82 Å². The van der Waals surface area contributed by atoms with E-state index >= 15 is 0 Å². The van der Waals surface area contributed by atoms with Gasteiger partial charge in [0.25, 0.3) is 5.91 Å². The molecule has 0 spiro atoms. The maximum absolute atomic E-state index is 12.7. The molecule has 2 aromatic carbocycles. The molecule has 0 saturated carbocycles. The van der Waals surface area contributed by atoms with Gasteiger partial charge in [0.1, 0.15) is 6.33 Å². The van der Waals surface area contributed by atoms with E-state index in [1.807, 2.05) is 22.9 Å². The van der Waals surface area contributed by atoms with Crippen molar-refractivity contribution in [1.29, 1.82) is 0 Å². The minimum atomic E-state index is -0.0302. The van der Waals surface area contributed by atoms with E-state index in [0.717, 1.165) is 30.2 Å². The van der Waals surface area contributed by atoms with Crippen LogP contribution in [-0.2, 0) is 6.54 Å². The van der Waals surface area contributed by atoms with Crippen molar-refractivity contribution in [3.8, 4) is 0 Å². The van der Waals surface area contributed by atoms with Gasteiger partial charge in [0, 0.05) is 36.9 Å². The van der Waals surface area contributed by atoms with Gasteiger partial charge in [-0.25, -0.2) is 4.98 Å². The molecule has 2 heterocycles. The lowest BCUT2D eigenvalue weighted by atomic mass is 9.98. The molecule has 1 amide bonds. The molecule has 1 aliphatic heterocycles. The third-order valence-electron chi connectivity index (χ3n) is 5.66. The van der Waals surface area contributed by atoms with Crippen molar-refractivity contribution in [2.24, 2.45) is 5.92 Å². The van der Waals surface area contributed by atoms with Crippen LogP contribution in [0.3, 0.4) is 0 Å². The molecular formula is C25H31N5O. The molecule has 1 aromatic heterocycles. The first-order valence-electron chi connectivity index (χ1n) is 11.0. The SMILES string of the molecule is CC(C)CNC(=O)c1ccc2c(c1)C(c1ncn(C(C)C)n1)CN2Cc1ccccc1. The summed E-state index contributed by atoms with van der Waals surface area (Å²) in [5, 5.41) is 7.77. The topological polar surface area (TPSA) is 63.1 Å². The van der Waals surface area contributed by atoms with E-state index in [4.69, 9.17) is 5.10 Å². The first-order chi connectivity index (χ1) is 14.9. The fourth-order valence-electron chi connectivity index (χ4n) is 3.95. The second-order valence-corrected chi connectivity index (χ2v) is 8.97. The highest BCUT2D eigenvalue weighted by molar-refractivity contribution is 5.95. The third kappa shape index (κ3) is 4.63. The van der Waals surface area contributed by atoms with Crippen LogP contribution in [0.4, 0.5) is 5.69 Å². The lowest BCUT2D eigenvalue weighted by Crippen LogP contribution is -2.27. The highest BCUT2D eigenvalue weighted by Crippen LogP contribution is 2.40. The Bertz CT molecular complexity index is 1040.